The lowest BCUT2D eigenvalue weighted by atomic mass is 10.0. The highest BCUT2D eigenvalue weighted by Crippen LogP contribution is 2.28. The highest BCUT2D eigenvalue weighted by atomic mass is 32.2. The van der Waals surface area contributed by atoms with Crippen molar-refractivity contribution in [3.8, 4) is 0 Å². The van der Waals surface area contributed by atoms with Crippen LogP contribution in [0.25, 0.3) is 0 Å². The quantitative estimate of drug-likeness (QED) is 0.856. The first-order chi connectivity index (χ1) is 11.6. The number of hydrogen-bond acceptors (Lipinski definition) is 6. The fraction of sp³-hybridized carbons (Fsp3) is 0.500. The van der Waals surface area contributed by atoms with Gasteiger partial charge in [-0.3, -0.25) is 14.8 Å². The van der Waals surface area contributed by atoms with Gasteiger partial charge in [-0.1, -0.05) is 6.07 Å². The monoisotopic (exact) mass is 347 g/mol. The molecule has 2 aliphatic heterocycles. The molecule has 2 aromatic heterocycles. The molecular weight excluding hydrogens is 326 g/mol. The van der Waals surface area contributed by atoms with Gasteiger partial charge in [0, 0.05) is 56.5 Å². The van der Waals surface area contributed by atoms with E-state index in [4.69, 9.17) is 0 Å². The van der Waals surface area contributed by atoms with Gasteiger partial charge >= 0.3 is 0 Å². The molecule has 8 heteroatoms. The number of pyridine rings is 1. The normalized spacial score (nSPS) is 27.2. The summed E-state index contributed by atoms with van der Waals surface area (Å²) >= 11 is 0. The summed E-state index contributed by atoms with van der Waals surface area (Å²) in [5.74, 6) is 1.37. The molecule has 24 heavy (non-hydrogen) atoms. The van der Waals surface area contributed by atoms with Gasteiger partial charge in [-0.25, -0.2) is 13.4 Å². The van der Waals surface area contributed by atoms with Gasteiger partial charge in [0.05, 0.1) is 18.1 Å². The number of rotatable bonds is 4. The average molecular weight is 347 g/mol. The molecule has 2 fully saturated rings. The van der Waals surface area contributed by atoms with Gasteiger partial charge < -0.3 is 4.98 Å². The van der Waals surface area contributed by atoms with Crippen molar-refractivity contribution in [2.24, 2.45) is 0 Å². The highest BCUT2D eigenvalue weighted by Gasteiger charge is 2.46. The molecule has 2 saturated heterocycles. The first-order valence-electron chi connectivity index (χ1n) is 8.16. The lowest BCUT2D eigenvalue weighted by Crippen LogP contribution is -2.58. The van der Waals surface area contributed by atoms with Crippen molar-refractivity contribution in [1.29, 1.82) is 0 Å². The smallest absolute Gasteiger partial charge is 0.153 e. The summed E-state index contributed by atoms with van der Waals surface area (Å²) in [6.45, 7) is 3.12. The fourth-order valence-corrected chi connectivity index (χ4v) is 5.83. The molecule has 0 unspecified atom stereocenters. The first-order valence-corrected chi connectivity index (χ1v) is 9.98. The minimum absolute atomic E-state index is 0.0329. The van der Waals surface area contributed by atoms with E-state index in [1.165, 1.54) is 0 Å². The Morgan fingerprint density at radius 1 is 1.12 bits per heavy atom. The zero-order chi connectivity index (χ0) is 16.6. The van der Waals surface area contributed by atoms with Gasteiger partial charge in [0.15, 0.2) is 9.84 Å². The molecule has 0 radical (unpaired) electrons. The van der Waals surface area contributed by atoms with Crippen molar-refractivity contribution in [2.75, 3.05) is 24.6 Å². The summed E-state index contributed by atoms with van der Waals surface area (Å²) in [6.07, 6.45) is 7.15. The van der Waals surface area contributed by atoms with E-state index < -0.39 is 9.84 Å². The molecular formula is C16H21N5O2S. The number of nitrogens with zero attached hydrogens (tertiary/aromatic N) is 4. The summed E-state index contributed by atoms with van der Waals surface area (Å²) in [4.78, 5) is 16.1. The third-order valence-electron chi connectivity index (χ3n) is 4.92. The van der Waals surface area contributed by atoms with Crippen molar-refractivity contribution in [2.45, 2.75) is 25.2 Å². The third-order valence-corrected chi connectivity index (χ3v) is 6.62. The second kappa shape index (κ2) is 6.27. The van der Waals surface area contributed by atoms with E-state index in [-0.39, 0.29) is 23.6 Å². The van der Waals surface area contributed by atoms with Crippen molar-refractivity contribution in [3.63, 3.8) is 0 Å². The number of hydrogen-bond donors (Lipinski definition) is 1. The van der Waals surface area contributed by atoms with E-state index in [1.54, 1.807) is 18.6 Å². The van der Waals surface area contributed by atoms with Gasteiger partial charge in [-0.15, -0.1) is 0 Å². The van der Waals surface area contributed by atoms with Gasteiger partial charge in [0.2, 0.25) is 0 Å². The zero-order valence-corrected chi connectivity index (χ0v) is 14.2. The van der Waals surface area contributed by atoms with Crippen LogP contribution in [0.3, 0.4) is 0 Å². The summed E-state index contributed by atoms with van der Waals surface area (Å²) < 4.78 is 24.5. The van der Waals surface area contributed by atoms with Crippen LogP contribution in [0.15, 0.2) is 36.9 Å². The predicted molar refractivity (Wildman–Crippen MR) is 89.9 cm³/mol. The number of H-pyrrole nitrogens is 1. The highest BCUT2D eigenvalue weighted by molar-refractivity contribution is 7.91. The topological polar surface area (TPSA) is 82.2 Å². The molecule has 2 aliphatic rings. The van der Waals surface area contributed by atoms with Crippen LogP contribution >= 0.6 is 0 Å². The molecule has 0 aliphatic carbocycles. The maximum Gasteiger partial charge on any atom is 0.153 e. The lowest BCUT2D eigenvalue weighted by molar-refractivity contribution is 0.0341. The fourth-order valence-electron chi connectivity index (χ4n) is 3.79. The average Bonchev–Trinajstić information content (AvgIpc) is 3.17. The Hall–Kier alpha value is -1.77. The molecule has 4 rings (SSSR count). The Bertz CT molecular complexity index is 778. The van der Waals surface area contributed by atoms with Crippen LogP contribution in [-0.4, -0.2) is 69.8 Å². The second-order valence-corrected chi connectivity index (χ2v) is 8.70. The summed E-state index contributed by atoms with van der Waals surface area (Å²) in [7, 11) is -3.00. The van der Waals surface area contributed by atoms with E-state index >= 15 is 0 Å². The molecule has 128 valence electrons. The molecule has 2 atom stereocenters. The van der Waals surface area contributed by atoms with E-state index in [1.807, 2.05) is 18.3 Å². The van der Waals surface area contributed by atoms with Gasteiger partial charge in [-0.2, -0.15) is 0 Å². The van der Waals surface area contributed by atoms with Crippen LogP contribution < -0.4 is 0 Å². The Balaban J connectivity index is 1.53. The van der Waals surface area contributed by atoms with Crippen LogP contribution in [0.5, 0.6) is 0 Å². The maximum atomic E-state index is 12.3. The molecule has 1 N–H and O–H groups in total. The van der Waals surface area contributed by atoms with Gasteiger partial charge in [0.1, 0.15) is 5.82 Å². The molecule has 2 aromatic rings. The number of sulfone groups is 1. The summed E-state index contributed by atoms with van der Waals surface area (Å²) in [6, 6.07) is 4.04. The molecule has 0 aromatic carbocycles. The maximum absolute atomic E-state index is 12.3. The number of fused-ring (bicyclic) bond motifs is 1. The van der Waals surface area contributed by atoms with Gasteiger partial charge in [-0.05, 0) is 11.6 Å². The van der Waals surface area contributed by atoms with E-state index in [0.717, 1.165) is 31.0 Å². The number of nitrogens with one attached hydrogen (secondary N) is 1. The molecule has 0 spiro atoms. The minimum Gasteiger partial charge on any atom is -0.348 e. The number of aromatic amines is 1. The Morgan fingerprint density at radius 3 is 2.50 bits per heavy atom. The molecule has 0 bridgehead atoms. The van der Waals surface area contributed by atoms with Crippen molar-refractivity contribution >= 4 is 9.84 Å². The first kappa shape index (κ1) is 15.7. The lowest BCUT2D eigenvalue weighted by Gasteiger charge is -2.43. The Morgan fingerprint density at radius 2 is 1.88 bits per heavy atom. The van der Waals surface area contributed by atoms with E-state index in [0.29, 0.717) is 6.54 Å². The van der Waals surface area contributed by atoms with Crippen molar-refractivity contribution in [1.82, 2.24) is 24.8 Å². The van der Waals surface area contributed by atoms with Gasteiger partial charge in [0.25, 0.3) is 0 Å². The Kier molecular flexibility index (Phi) is 4.11. The summed E-state index contributed by atoms with van der Waals surface area (Å²) in [5.41, 5.74) is 1.13. The van der Waals surface area contributed by atoms with Crippen molar-refractivity contribution < 1.29 is 8.42 Å². The van der Waals surface area contributed by atoms with Crippen LogP contribution in [0.2, 0.25) is 0 Å². The van der Waals surface area contributed by atoms with E-state index in [9.17, 15) is 8.42 Å². The predicted octanol–water partition coefficient (Wildman–Crippen LogP) is 0.288. The molecule has 0 amide bonds. The second-order valence-electron chi connectivity index (χ2n) is 6.55. The number of piperazine rings is 1. The van der Waals surface area contributed by atoms with Crippen LogP contribution in [0.4, 0.5) is 0 Å². The van der Waals surface area contributed by atoms with Crippen LogP contribution in [0, 0.1) is 0 Å². The number of aromatic nitrogens is 3. The van der Waals surface area contributed by atoms with Crippen molar-refractivity contribution in [3.05, 3.63) is 48.3 Å². The minimum atomic E-state index is -3.00. The molecule has 7 nitrogen and oxygen atoms in total. The molecule has 0 saturated carbocycles. The van der Waals surface area contributed by atoms with Crippen LogP contribution in [-0.2, 0) is 22.9 Å². The SMILES string of the molecule is O=S1(=O)C[C@@H]2[C@H](C1)N(Cc1ncc[nH]1)CCN2Cc1cccnc1. The zero-order valence-electron chi connectivity index (χ0n) is 13.4. The summed E-state index contributed by atoms with van der Waals surface area (Å²) in [5, 5.41) is 0. The van der Waals surface area contributed by atoms with E-state index in [2.05, 4.69) is 24.8 Å². The third kappa shape index (κ3) is 3.22. The van der Waals surface area contributed by atoms with Crippen LogP contribution in [0.1, 0.15) is 11.4 Å². The standard InChI is InChI=1S/C16H21N5O2S/c22-24(23)11-14-15(12-24)21(10-16-18-4-5-19-16)7-6-20(14)9-13-2-1-3-17-8-13/h1-5,8,14-15H,6-7,9-12H2,(H,18,19)/t14-,15+/m1/s1. The largest absolute Gasteiger partial charge is 0.348 e. The number of imidazole rings is 1. The molecule has 4 heterocycles. The Labute approximate surface area is 141 Å².